The number of hydrogen-bond acceptors (Lipinski definition) is 6. The van der Waals surface area contributed by atoms with Crippen LogP contribution in [0.4, 0.5) is 5.69 Å². The fourth-order valence-corrected chi connectivity index (χ4v) is 7.80. The van der Waals surface area contributed by atoms with Gasteiger partial charge < -0.3 is 14.5 Å². The molecule has 3 atom stereocenters. The molecule has 6 nitrogen and oxygen atoms in total. The fourth-order valence-electron chi connectivity index (χ4n) is 7.17. The van der Waals surface area contributed by atoms with Crippen LogP contribution in [0.25, 0.3) is 0 Å². The Morgan fingerprint density at radius 2 is 1.68 bits per heavy atom. The summed E-state index contributed by atoms with van der Waals surface area (Å²) in [6, 6.07) is 20.6. The zero-order valence-corrected chi connectivity index (χ0v) is 22.9. The molecule has 5 rings (SSSR count). The second-order valence-electron chi connectivity index (χ2n) is 11.3. The van der Waals surface area contributed by atoms with Crippen LogP contribution in [-0.4, -0.2) is 65.5 Å². The van der Waals surface area contributed by atoms with Gasteiger partial charge in [0.15, 0.2) is 9.84 Å². The van der Waals surface area contributed by atoms with E-state index in [2.05, 4.69) is 40.1 Å². The Bertz CT molecular complexity index is 1200. The first-order valence-electron chi connectivity index (χ1n) is 13.6. The molecule has 7 heteroatoms. The Labute approximate surface area is 222 Å². The highest BCUT2D eigenvalue weighted by molar-refractivity contribution is 7.90. The van der Waals surface area contributed by atoms with Crippen LogP contribution in [0.3, 0.4) is 0 Å². The van der Waals surface area contributed by atoms with E-state index < -0.39 is 15.3 Å². The summed E-state index contributed by atoms with van der Waals surface area (Å²) in [6.07, 6.45) is 6.72. The van der Waals surface area contributed by atoms with E-state index in [-0.39, 0.29) is 12.0 Å². The van der Waals surface area contributed by atoms with E-state index in [0.717, 1.165) is 70.5 Å². The predicted octanol–water partition coefficient (Wildman–Crippen LogP) is 4.51. The zero-order chi connectivity index (χ0) is 26.0. The van der Waals surface area contributed by atoms with E-state index in [1.807, 2.05) is 18.2 Å². The van der Waals surface area contributed by atoms with Crippen molar-refractivity contribution in [3.8, 4) is 6.07 Å². The third-order valence-electron chi connectivity index (χ3n) is 9.11. The van der Waals surface area contributed by atoms with E-state index in [0.29, 0.717) is 16.7 Å². The molecule has 2 heterocycles. The molecule has 2 aromatic rings. The molecule has 1 saturated carbocycles. The average molecular weight is 522 g/mol. The van der Waals surface area contributed by atoms with Crippen molar-refractivity contribution in [3.05, 3.63) is 60.2 Å². The number of likely N-dealkylation sites (tertiary alicyclic amines) is 1. The van der Waals surface area contributed by atoms with Gasteiger partial charge in [0.25, 0.3) is 0 Å². The average Bonchev–Trinajstić information content (AvgIpc) is 3.37. The Kier molecular flexibility index (Phi) is 7.63. The number of benzene rings is 2. The molecule has 1 aliphatic carbocycles. The van der Waals surface area contributed by atoms with Crippen LogP contribution in [0.2, 0.25) is 0 Å². The van der Waals surface area contributed by atoms with Gasteiger partial charge in [-0.3, -0.25) is 0 Å². The third-order valence-corrected chi connectivity index (χ3v) is 10.2. The van der Waals surface area contributed by atoms with Gasteiger partial charge in [0.1, 0.15) is 0 Å². The first-order valence-corrected chi connectivity index (χ1v) is 15.5. The zero-order valence-electron chi connectivity index (χ0n) is 22.1. The van der Waals surface area contributed by atoms with Gasteiger partial charge in [-0.15, -0.1) is 0 Å². The van der Waals surface area contributed by atoms with Crippen molar-refractivity contribution in [3.63, 3.8) is 0 Å². The van der Waals surface area contributed by atoms with Gasteiger partial charge in [-0.2, -0.15) is 5.26 Å². The lowest BCUT2D eigenvalue weighted by Gasteiger charge is -2.48. The lowest BCUT2D eigenvalue weighted by atomic mass is 9.59. The molecular formula is C30H39N3O3S. The first-order chi connectivity index (χ1) is 17.8. The number of rotatable bonds is 8. The molecule has 2 saturated heterocycles. The van der Waals surface area contributed by atoms with E-state index in [1.165, 1.54) is 11.8 Å². The van der Waals surface area contributed by atoms with Crippen LogP contribution < -0.4 is 4.90 Å². The molecule has 3 fully saturated rings. The maximum Gasteiger partial charge on any atom is 0.175 e. The number of anilines is 1. The maximum absolute atomic E-state index is 11.7. The van der Waals surface area contributed by atoms with Crippen LogP contribution in [0.15, 0.2) is 59.5 Å². The minimum atomic E-state index is -3.16. The Morgan fingerprint density at radius 3 is 2.27 bits per heavy atom. The number of ether oxygens (including phenoxy) is 1. The third kappa shape index (κ3) is 5.16. The second-order valence-corrected chi connectivity index (χ2v) is 13.3. The molecule has 198 valence electrons. The highest BCUT2D eigenvalue weighted by Crippen LogP contribution is 2.50. The van der Waals surface area contributed by atoms with Gasteiger partial charge in [0.2, 0.25) is 0 Å². The van der Waals surface area contributed by atoms with Crippen molar-refractivity contribution < 1.29 is 13.2 Å². The Hall–Kier alpha value is -2.40. The monoisotopic (exact) mass is 521 g/mol. The quantitative estimate of drug-likeness (QED) is 0.509. The number of piperidine rings is 1. The van der Waals surface area contributed by atoms with Crippen LogP contribution in [0.1, 0.15) is 37.7 Å². The Morgan fingerprint density at radius 1 is 1.00 bits per heavy atom. The van der Waals surface area contributed by atoms with Gasteiger partial charge in [0, 0.05) is 50.5 Å². The molecule has 0 spiro atoms. The molecule has 0 N–H and O–H groups in total. The molecular weight excluding hydrogens is 482 g/mol. The molecule has 0 bridgehead atoms. The largest absolute Gasteiger partial charge is 0.381 e. The van der Waals surface area contributed by atoms with Gasteiger partial charge in [-0.1, -0.05) is 36.8 Å². The van der Waals surface area contributed by atoms with Crippen molar-refractivity contribution in [1.29, 1.82) is 5.26 Å². The minimum Gasteiger partial charge on any atom is -0.381 e. The summed E-state index contributed by atoms with van der Waals surface area (Å²) in [5, 5.41) is 10.8. The molecule has 0 aromatic heterocycles. The van der Waals surface area contributed by atoms with Crippen LogP contribution in [0, 0.1) is 29.1 Å². The second kappa shape index (κ2) is 10.8. The lowest BCUT2D eigenvalue weighted by Crippen LogP contribution is -2.54. The summed E-state index contributed by atoms with van der Waals surface area (Å²) in [5.41, 5.74) is 1.77. The van der Waals surface area contributed by atoms with Crippen molar-refractivity contribution >= 4 is 15.5 Å². The van der Waals surface area contributed by atoms with Crippen LogP contribution in [0.5, 0.6) is 0 Å². The fraction of sp³-hybridized carbons (Fsp3) is 0.567. The normalized spacial score (nSPS) is 25.4. The summed E-state index contributed by atoms with van der Waals surface area (Å²) in [7, 11) is -1.36. The maximum atomic E-state index is 11.7. The van der Waals surface area contributed by atoms with Gasteiger partial charge >= 0.3 is 0 Å². The molecule has 37 heavy (non-hydrogen) atoms. The smallest absolute Gasteiger partial charge is 0.175 e. The number of methoxy groups -OCH3 is 1. The van der Waals surface area contributed by atoms with Gasteiger partial charge in [0.05, 0.1) is 22.5 Å². The molecule has 0 amide bonds. The topological polar surface area (TPSA) is 73.6 Å². The summed E-state index contributed by atoms with van der Waals surface area (Å²) < 4.78 is 29.4. The summed E-state index contributed by atoms with van der Waals surface area (Å²) >= 11 is 0. The number of hydrogen-bond donors (Lipinski definition) is 0. The van der Waals surface area contributed by atoms with E-state index >= 15 is 0 Å². The summed E-state index contributed by atoms with van der Waals surface area (Å²) in [5.74, 6) is 1.20. The number of nitrogens with zero attached hydrogens (tertiary/aromatic N) is 3. The SMILES string of the molecule is CO[C@@H]1CCC[C@H]1C(C#N)(c1ccccc1)C1CCN(CC2CN(c3ccc(S(C)(=O)=O)cc3)C2)CC1. The summed E-state index contributed by atoms with van der Waals surface area (Å²) in [6.45, 7) is 5.15. The molecule has 3 aliphatic rings. The van der Waals surface area contributed by atoms with Crippen molar-refractivity contribution in [2.24, 2.45) is 17.8 Å². The standard InChI is InChI=1S/C30H39N3O3S/c1-36-29-10-6-9-28(29)30(22-31,24-7-4-3-5-8-24)25-15-17-32(18-16-25)19-23-20-33(21-23)26-11-13-27(14-12-26)37(2,34)35/h3-5,7-8,11-14,23,25,28-29H,6,9-10,15-21H2,1-2H3/t28-,29-,30?/m1/s1. The van der Waals surface area contributed by atoms with Gasteiger partial charge in [-0.05, 0) is 74.5 Å². The Balaban J connectivity index is 1.20. The van der Waals surface area contributed by atoms with Gasteiger partial charge in [-0.25, -0.2) is 8.42 Å². The minimum absolute atomic E-state index is 0.158. The van der Waals surface area contributed by atoms with Crippen LogP contribution in [-0.2, 0) is 20.0 Å². The first kappa shape index (κ1) is 26.2. The van der Waals surface area contributed by atoms with E-state index in [4.69, 9.17) is 4.74 Å². The number of nitriles is 1. The lowest BCUT2D eigenvalue weighted by molar-refractivity contribution is 0.0193. The van der Waals surface area contributed by atoms with E-state index in [1.54, 1.807) is 19.2 Å². The summed E-state index contributed by atoms with van der Waals surface area (Å²) in [4.78, 5) is 5.28. The highest BCUT2D eigenvalue weighted by atomic mass is 32.2. The van der Waals surface area contributed by atoms with E-state index in [9.17, 15) is 13.7 Å². The molecule has 1 unspecified atom stereocenters. The molecule has 2 aromatic carbocycles. The molecule has 0 radical (unpaired) electrons. The number of sulfone groups is 1. The predicted molar refractivity (Wildman–Crippen MR) is 146 cm³/mol. The van der Waals surface area contributed by atoms with Crippen molar-refractivity contribution in [2.75, 3.05) is 51.0 Å². The highest BCUT2D eigenvalue weighted by Gasteiger charge is 2.52. The van der Waals surface area contributed by atoms with Crippen LogP contribution >= 0.6 is 0 Å². The van der Waals surface area contributed by atoms with Crippen molar-refractivity contribution in [2.45, 2.75) is 48.5 Å². The van der Waals surface area contributed by atoms with Crippen molar-refractivity contribution in [1.82, 2.24) is 4.90 Å². The molecule has 2 aliphatic heterocycles.